The number of rotatable bonds is 7. The number of aromatic amines is 1. The molecule has 1 aromatic carbocycles. The van der Waals surface area contributed by atoms with Crippen LogP contribution in [0.15, 0.2) is 29.1 Å². The van der Waals surface area contributed by atoms with Crippen LogP contribution in [0.2, 0.25) is 0 Å². The number of pyridine rings is 1. The Labute approximate surface area is 161 Å². The summed E-state index contributed by atoms with van der Waals surface area (Å²) in [6, 6.07) is 6.05. The van der Waals surface area contributed by atoms with Crippen LogP contribution in [0.5, 0.6) is 5.75 Å². The number of H-pyrrole nitrogens is 1. The first-order valence-corrected chi connectivity index (χ1v) is 8.25. The maximum atomic E-state index is 12.1. The number of guanidine groups is 1. The summed E-state index contributed by atoms with van der Waals surface area (Å²) in [6.45, 7) is 0.781. The van der Waals surface area contributed by atoms with E-state index in [1.807, 2.05) is 0 Å². The molecule has 0 saturated carbocycles. The maximum absolute atomic E-state index is 12.1. The Morgan fingerprint density at radius 1 is 1.24 bits per heavy atom. The average Bonchev–Trinajstić information content (AvgIpc) is 2.61. The van der Waals surface area contributed by atoms with Gasteiger partial charge < -0.3 is 25.5 Å². The van der Waals surface area contributed by atoms with Crippen molar-refractivity contribution in [3.63, 3.8) is 0 Å². The number of fused-ring (bicyclic) bond motifs is 1. The van der Waals surface area contributed by atoms with Crippen LogP contribution in [0.3, 0.4) is 0 Å². The summed E-state index contributed by atoms with van der Waals surface area (Å²) in [5, 5.41) is 10.1. The second-order valence-electron chi connectivity index (χ2n) is 5.85. The first-order valence-electron chi connectivity index (χ1n) is 8.25. The molecule has 29 heavy (non-hydrogen) atoms. The number of hydrogen-bond acceptors (Lipinski definition) is 6. The number of aromatic nitrogens is 1. The molecule has 0 bridgehead atoms. The van der Waals surface area contributed by atoms with Gasteiger partial charge in [-0.1, -0.05) is 0 Å². The third kappa shape index (κ3) is 6.52. The zero-order valence-corrected chi connectivity index (χ0v) is 14.9. The van der Waals surface area contributed by atoms with E-state index in [1.54, 1.807) is 18.2 Å². The number of carbonyl (C=O) groups is 2. The van der Waals surface area contributed by atoms with E-state index in [1.165, 1.54) is 6.07 Å². The quantitative estimate of drug-likeness (QED) is 0.173. The molecule has 5 N–H and O–H groups in total. The first kappa shape index (κ1) is 21.7. The summed E-state index contributed by atoms with van der Waals surface area (Å²) in [7, 11) is 0. The third-order valence-corrected chi connectivity index (χ3v) is 3.57. The molecule has 156 valence electrons. The Balaban J connectivity index is 2.04. The minimum Gasteiger partial charge on any atom is -0.493 e. The fourth-order valence-electron chi connectivity index (χ4n) is 2.28. The lowest BCUT2D eigenvalue weighted by molar-refractivity contribution is -0.201. The number of ether oxygens (including phenoxy) is 2. The van der Waals surface area contributed by atoms with Gasteiger partial charge in [0.25, 0.3) is 5.56 Å². The van der Waals surface area contributed by atoms with Crippen molar-refractivity contribution in [2.75, 3.05) is 13.2 Å². The van der Waals surface area contributed by atoms with Crippen LogP contribution >= 0.6 is 0 Å². The Hall–Kier alpha value is -3.57. The highest BCUT2D eigenvalue weighted by molar-refractivity contribution is 5.90. The summed E-state index contributed by atoms with van der Waals surface area (Å²) in [5.41, 5.74) is 4.67. The van der Waals surface area contributed by atoms with E-state index in [4.69, 9.17) is 15.9 Å². The average molecular weight is 414 g/mol. The molecule has 1 heterocycles. The molecule has 0 atom stereocenters. The monoisotopic (exact) mass is 414 g/mol. The van der Waals surface area contributed by atoms with Crippen molar-refractivity contribution in [1.29, 1.82) is 5.41 Å². The zero-order chi connectivity index (χ0) is 21.6. The molecule has 0 fully saturated rings. The van der Waals surface area contributed by atoms with Crippen molar-refractivity contribution >= 4 is 28.8 Å². The Bertz CT molecular complexity index is 987. The highest BCUT2D eigenvalue weighted by atomic mass is 19.4. The van der Waals surface area contributed by atoms with Crippen molar-refractivity contribution in [3.05, 3.63) is 40.2 Å². The SMILES string of the molecule is N=C(N)NCCCOc1ccc2cc(CC(=O)OC(=O)C(F)(F)F)c(=O)[nH]c2c1. The second kappa shape index (κ2) is 9.08. The van der Waals surface area contributed by atoms with E-state index in [2.05, 4.69) is 15.0 Å². The van der Waals surface area contributed by atoms with Gasteiger partial charge in [0.15, 0.2) is 5.96 Å². The minimum atomic E-state index is -5.30. The lowest BCUT2D eigenvalue weighted by atomic mass is 10.1. The summed E-state index contributed by atoms with van der Waals surface area (Å²) in [5.74, 6) is -3.81. The third-order valence-electron chi connectivity index (χ3n) is 3.57. The first-order chi connectivity index (χ1) is 13.6. The van der Waals surface area contributed by atoms with Gasteiger partial charge in [0.1, 0.15) is 5.75 Å². The minimum absolute atomic E-state index is 0.143. The topological polar surface area (TPSA) is 147 Å². The molecule has 2 rings (SSSR count). The molecule has 0 amide bonds. The molecule has 0 unspecified atom stereocenters. The van der Waals surface area contributed by atoms with Crippen molar-refractivity contribution in [1.82, 2.24) is 10.3 Å². The van der Waals surface area contributed by atoms with Crippen LogP contribution < -0.4 is 21.3 Å². The van der Waals surface area contributed by atoms with Crippen LogP contribution in [-0.2, 0) is 20.7 Å². The summed E-state index contributed by atoms with van der Waals surface area (Å²) >= 11 is 0. The molecule has 12 heteroatoms. The summed E-state index contributed by atoms with van der Waals surface area (Å²) < 4.78 is 45.5. The number of alkyl halides is 3. The van der Waals surface area contributed by atoms with Gasteiger partial charge in [-0.25, -0.2) is 4.79 Å². The van der Waals surface area contributed by atoms with E-state index >= 15 is 0 Å². The summed E-state index contributed by atoms with van der Waals surface area (Å²) in [6.07, 6.45) is -5.52. The van der Waals surface area contributed by atoms with Gasteiger partial charge in [-0.3, -0.25) is 15.0 Å². The van der Waals surface area contributed by atoms with E-state index in [0.29, 0.717) is 36.2 Å². The second-order valence-corrected chi connectivity index (χ2v) is 5.85. The Morgan fingerprint density at radius 2 is 1.97 bits per heavy atom. The van der Waals surface area contributed by atoms with Gasteiger partial charge in [0.05, 0.1) is 18.5 Å². The normalized spacial score (nSPS) is 11.1. The van der Waals surface area contributed by atoms with Gasteiger partial charge in [-0.2, -0.15) is 13.2 Å². The highest BCUT2D eigenvalue weighted by Gasteiger charge is 2.42. The number of benzene rings is 1. The number of carbonyl (C=O) groups excluding carboxylic acids is 2. The Morgan fingerprint density at radius 3 is 2.62 bits per heavy atom. The van der Waals surface area contributed by atoms with Crippen LogP contribution in [0, 0.1) is 5.41 Å². The lowest BCUT2D eigenvalue weighted by Gasteiger charge is -2.09. The van der Waals surface area contributed by atoms with Crippen LogP contribution in [-0.4, -0.2) is 42.2 Å². The van der Waals surface area contributed by atoms with Gasteiger partial charge in [-0.15, -0.1) is 0 Å². The smallest absolute Gasteiger partial charge is 0.491 e. The molecule has 2 aromatic rings. The van der Waals surface area contributed by atoms with Crippen LogP contribution in [0.4, 0.5) is 13.2 Å². The van der Waals surface area contributed by atoms with E-state index in [0.717, 1.165) is 0 Å². The van der Waals surface area contributed by atoms with E-state index in [9.17, 15) is 27.6 Å². The standard InChI is InChI=1S/C17H17F3N4O5/c18-17(19,20)15(27)29-13(25)7-10-6-9-2-3-11(8-12(9)24-14(10)26)28-5-1-4-23-16(21)22/h2-3,6,8H,1,4-5,7H2,(H,24,26)(H4,21,22,23). The lowest BCUT2D eigenvalue weighted by Crippen LogP contribution is -2.31. The zero-order valence-electron chi connectivity index (χ0n) is 14.9. The number of nitrogens with one attached hydrogen (secondary N) is 3. The fraction of sp³-hybridized carbons (Fsp3) is 0.294. The molecular weight excluding hydrogens is 397 g/mol. The molecular formula is C17H17F3N4O5. The Kier molecular flexibility index (Phi) is 6.80. The molecule has 0 aliphatic heterocycles. The highest BCUT2D eigenvalue weighted by Crippen LogP contribution is 2.20. The molecule has 9 nitrogen and oxygen atoms in total. The van der Waals surface area contributed by atoms with Crippen molar-refractivity contribution < 1.29 is 32.2 Å². The largest absolute Gasteiger partial charge is 0.493 e. The van der Waals surface area contributed by atoms with E-state index in [-0.39, 0.29) is 11.5 Å². The van der Waals surface area contributed by atoms with Crippen molar-refractivity contribution in [3.8, 4) is 5.75 Å². The molecule has 0 spiro atoms. The maximum Gasteiger partial charge on any atom is 0.491 e. The number of hydrogen-bond donors (Lipinski definition) is 4. The van der Waals surface area contributed by atoms with Crippen LogP contribution in [0.25, 0.3) is 10.9 Å². The predicted molar refractivity (Wildman–Crippen MR) is 95.5 cm³/mol. The molecule has 0 saturated heterocycles. The van der Waals surface area contributed by atoms with Crippen molar-refractivity contribution in [2.24, 2.45) is 5.73 Å². The van der Waals surface area contributed by atoms with Gasteiger partial charge in [0.2, 0.25) is 0 Å². The van der Waals surface area contributed by atoms with E-state index < -0.39 is 30.1 Å². The molecule has 0 radical (unpaired) electrons. The number of halogens is 3. The van der Waals surface area contributed by atoms with Gasteiger partial charge >= 0.3 is 18.1 Å². The molecule has 0 aliphatic rings. The molecule has 1 aromatic heterocycles. The fourth-order valence-corrected chi connectivity index (χ4v) is 2.28. The number of nitrogens with two attached hydrogens (primary N) is 1. The van der Waals surface area contributed by atoms with Crippen LogP contribution in [0.1, 0.15) is 12.0 Å². The molecule has 0 aliphatic carbocycles. The number of esters is 2. The predicted octanol–water partition coefficient (Wildman–Crippen LogP) is 0.955. The van der Waals surface area contributed by atoms with Gasteiger partial charge in [-0.05, 0) is 30.0 Å². The van der Waals surface area contributed by atoms with Gasteiger partial charge in [0, 0.05) is 18.2 Å². The summed E-state index contributed by atoms with van der Waals surface area (Å²) in [4.78, 5) is 36.7. The van der Waals surface area contributed by atoms with Crippen molar-refractivity contribution in [2.45, 2.75) is 19.0 Å².